The summed E-state index contributed by atoms with van der Waals surface area (Å²) in [6, 6.07) is 10.5. The first-order valence-corrected chi connectivity index (χ1v) is 6.87. The Labute approximate surface area is 123 Å². The van der Waals surface area contributed by atoms with Gasteiger partial charge in [-0.25, -0.2) is 8.78 Å². The molecule has 0 bridgehead atoms. The minimum atomic E-state index is -1.62. The Morgan fingerprint density at radius 2 is 1.76 bits per heavy atom. The van der Waals surface area contributed by atoms with Crippen LogP contribution in [-0.4, -0.2) is 11.7 Å². The van der Waals surface area contributed by atoms with Crippen LogP contribution in [0.4, 0.5) is 8.78 Å². The quantitative estimate of drug-likeness (QED) is 0.902. The van der Waals surface area contributed by atoms with E-state index in [1.165, 1.54) is 19.1 Å². The molecule has 0 radical (unpaired) electrons. The van der Waals surface area contributed by atoms with E-state index in [1.807, 2.05) is 6.92 Å². The fraction of sp³-hybridized carbons (Fsp3) is 0.294. The Morgan fingerprint density at radius 1 is 1.10 bits per heavy atom. The third kappa shape index (κ3) is 3.22. The highest BCUT2D eigenvalue weighted by Crippen LogP contribution is 2.32. The van der Waals surface area contributed by atoms with Crippen LogP contribution in [0.2, 0.25) is 0 Å². The van der Waals surface area contributed by atoms with Crippen molar-refractivity contribution in [2.75, 3.05) is 6.61 Å². The maximum absolute atomic E-state index is 13.9. The predicted molar refractivity (Wildman–Crippen MR) is 77.3 cm³/mol. The van der Waals surface area contributed by atoms with Gasteiger partial charge in [0, 0.05) is 5.56 Å². The standard InChI is InChI=1S/C17H18F2O2/c1-3-11-21-13-9-7-12(8-10-13)17(2,20)14-5-4-6-15(18)16(14)19/h4-10,20H,3,11H2,1-2H3. The molecule has 0 aliphatic carbocycles. The Kier molecular flexibility index (Phi) is 4.58. The molecule has 21 heavy (non-hydrogen) atoms. The summed E-state index contributed by atoms with van der Waals surface area (Å²) in [5.74, 6) is -1.33. The van der Waals surface area contributed by atoms with E-state index in [0.717, 1.165) is 12.5 Å². The maximum atomic E-state index is 13.9. The Morgan fingerprint density at radius 3 is 2.38 bits per heavy atom. The number of benzene rings is 2. The van der Waals surface area contributed by atoms with Gasteiger partial charge in [0.15, 0.2) is 11.6 Å². The molecule has 4 heteroatoms. The van der Waals surface area contributed by atoms with Crippen molar-refractivity contribution < 1.29 is 18.6 Å². The van der Waals surface area contributed by atoms with Crippen molar-refractivity contribution in [1.29, 1.82) is 0 Å². The molecule has 0 aromatic heterocycles. The summed E-state index contributed by atoms with van der Waals surface area (Å²) in [5, 5.41) is 10.6. The predicted octanol–water partition coefficient (Wildman–Crippen LogP) is 4.01. The molecular formula is C17H18F2O2. The number of hydrogen-bond donors (Lipinski definition) is 1. The molecule has 0 saturated carbocycles. The van der Waals surface area contributed by atoms with E-state index in [0.29, 0.717) is 17.9 Å². The van der Waals surface area contributed by atoms with Crippen molar-refractivity contribution >= 4 is 0 Å². The maximum Gasteiger partial charge on any atom is 0.165 e. The van der Waals surface area contributed by atoms with Gasteiger partial charge in [0.1, 0.15) is 11.4 Å². The van der Waals surface area contributed by atoms with E-state index < -0.39 is 17.2 Å². The zero-order chi connectivity index (χ0) is 15.5. The normalized spacial score (nSPS) is 13.8. The molecule has 112 valence electrons. The van der Waals surface area contributed by atoms with Crippen LogP contribution >= 0.6 is 0 Å². The Hall–Kier alpha value is -1.94. The van der Waals surface area contributed by atoms with Crippen LogP contribution in [0.15, 0.2) is 42.5 Å². The molecule has 2 aromatic rings. The number of hydrogen-bond acceptors (Lipinski definition) is 2. The molecule has 0 saturated heterocycles. The van der Waals surface area contributed by atoms with E-state index in [2.05, 4.69) is 0 Å². The molecule has 1 unspecified atom stereocenters. The topological polar surface area (TPSA) is 29.5 Å². The summed E-state index contributed by atoms with van der Waals surface area (Å²) in [5.41, 5.74) is -1.24. The first-order valence-electron chi connectivity index (χ1n) is 6.87. The van der Waals surface area contributed by atoms with E-state index >= 15 is 0 Å². The molecule has 2 rings (SSSR count). The molecule has 2 aromatic carbocycles. The molecule has 2 nitrogen and oxygen atoms in total. The van der Waals surface area contributed by atoms with Crippen molar-refractivity contribution in [3.05, 3.63) is 65.2 Å². The number of halogens is 2. The molecule has 0 heterocycles. The van der Waals surface area contributed by atoms with Crippen LogP contribution in [0.3, 0.4) is 0 Å². The summed E-state index contributed by atoms with van der Waals surface area (Å²) < 4.78 is 32.6. The van der Waals surface area contributed by atoms with E-state index in [1.54, 1.807) is 24.3 Å². The fourth-order valence-corrected chi connectivity index (χ4v) is 2.13. The largest absolute Gasteiger partial charge is 0.494 e. The first kappa shape index (κ1) is 15.4. The van der Waals surface area contributed by atoms with Crippen molar-refractivity contribution in [1.82, 2.24) is 0 Å². The molecule has 0 fully saturated rings. The minimum Gasteiger partial charge on any atom is -0.494 e. The van der Waals surface area contributed by atoms with Crippen molar-refractivity contribution in [2.45, 2.75) is 25.9 Å². The lowest BCUT2D eigenvalue weighted by atomic mass is 9.88. The van der Waals surface area contributed by atoms with Crippen molar-refractivity contribution in [3.8, 4) is 5.75 Å². The smallest absolute Gasteiger partial charge is 0.165 e. The van der Waals surface area contributed by atoms with E-state index in [9.17, 15) is 13.9 Å². The lowest BCUT2D eigenvalue weighted by Crippen LogP contribution is -2.24. The van der Waals surface area contributed by atoms with Gasteiger partial charge in [0.25, 0.3) is 0 Å². The van der Waals surface area contributed by atoms with Gasteiger partial charge < -0.3 is 9.84 Å². The number of ether oxygens (including phenoxy) is 1. The first-order chi connectivity index (χ1) is 9.96. The van der Waals surface area contributed by atoms with Crippen LogP contribution in [0.25, 0.3) is 0 Å². The molecule has 0 spiro atoms. The SMILES string of the molecule is CCCOc1ccc(C(C)(O)c2cccc(F)c2F)cc1. The van der Waals surface area contributed by atoms with E-state index in [-0.39, 0.29) is 5.56 Å². The minimum absolute atomic E-state index is 0.0928. The second kappa shape index (κ2) is 6.22. The molecular weight excluding hydrogens is 274 g/mol. The van der Waals surface area contributed by atoms with Gasteiger partial charge in [0.05, 0.1) is 6.61 Å². The van der Waals surface area contributed by atoms with E-state index in [4.69, 9.17) is 4.74 Å². The number of aliphatic hydroxyl groups is 1. The van der Waals surface area contributed by atoms with Gasteiger partial charge >= 0.3 is 0 Å². The molecule has 1 N–H and O–H groups in total. The average molecular weight is 292 g/mol. The van der Waals surface area contributed by atoms with Gasteiger partial charge in [0.2, 0.25) is 0 Å². The van der Waals surface area contributed by atoms with Gasteiger partial charge in [-0.1, -0.05) is 31.2 Å². The highest BCUT2D eigenvalue weighted by atomic mass is 19.2. The van der Waals surface area contributed by atoms with Crippen LogP contribution in [0.5, 0.6) is 5.75 Å². The zero-order valence-corrected chi connectivity index (χ0v) is 12.1. The lowest BCUT2D eigenvalue weighted by Gasteiger charge is -2.25. The van der Waals surface area contributed by atoms with Crippen molar-refractivity contribution in [2.24, 2.45) is 0 Å². The lowest BCUT2D eigenvalue weighted by molar-refractivity contribution is 0.0969. The Balaban J connectivity index is 2.32. The van der Waals surface area contributed by atoms with Crippen LogP contribution in [-0.2, 0) is 5.60 Å². The monoisotopic (exact) mass is 292 g/mol. The summed E-state index contributed by atoms with van der Waals surface area (Å²) in [6.45, 7) is 4.05. The zero-order valence-electron chi connectivity index (χ0n) is 12.1. The second-order valence-electron chi connectivity index (χ2n) is 5.05. The van der Waals surface area contributed by atoms with Crippen LogP contribution < -0.4 is 4.74 Å². The highest BCUT2D eigenvalue weighted by Gasteiger charge is 2.30. The summed E-state index contributed by atoms with van der Waals surface area (Å²) in [6.07, 6.45) is 0.897. The molecule has 1 atom stereocenters. The average Bonchev–Trinajstić information content (AvgIpc) is 2.48. The van der Waals surface area contributed by atoms with Gasteiger partial charge in [-0.3, -0.25) is 0 Å². The van der Waals surface area contributed by atoms with Crippen LogP contribution in [0.1, 0.15) is 31.4 Å². The third-order valence-electron chi connectivity index (χ3n) is 3.37. The molecule has 0 aliphatic heterocycles. The summed E-state index contributed by atoms with van der Waals surface area (Å²) in [7, 11) is 0. The van der Waals surface area contributed by atoms with Gasteiger partial charge in [-0.2, -0.15) is 0 Å². The summed E-state index contributed by atoms with van der Waals surface area (Å²) in [4.78, 5) is 0. The fourth-order valence-electron chi connectivity index (χ4n) is 2.13. The highest BCUT2D eigenvalue weighted by molar-refractivity contribution is 5.38. The van der Waals surface area contributed by atoms with Gasteiger partial charge in [-0.15, -0.1) is 0 Å². The second-order valence-corrected chi connectivity index (χ2v) is 5.05. The number of rotatable bonds is 5. The molecule has 0 aliphatic rings. The van der Waals surface area contributed by atoms with Gasteiger partial charge in [-0.05, 0) is 37.1 Å². The summed E-state index contributed by atoms with van der Waals surface area (Å²) >= 11 is 0. The Bertz CT molecular complexity index is 607. The third-order valence-corrected chi connectivity index (χ3v) is 3.37. The molecule has 0 amide bonds. The van der Waals surface area contributed by atoms with Crippen molar-refractivity contribution in [3.63, 3.8) is 0 Å². The van der Waals surface area contributed by atoms with Crippen LogP contribution in [0, 0.1) is 11.6 Å².